The molecule has 2 aliphatic heterocycles. The van der Waals surface area contributed by atoms with Crippen LogP contribution in [0, 0.1) is 17.6 Å². The largest absolute Gasteiger partial charge is 0.493 e. The van der Waals surface area contributed by atoms with Gasteiger partial charge in [0.2, 0.25) is 0 Å². The van der Waals surface area contributed by atoms with Crippen molar-refractivity contribution in [1.82, 2.24) is 13.7 Å². The summed E-state index contributed by atoms with van der Waals surface area (Å²) in [4.78, 5) is 30.9. The van der Waals surface area contributed by atoms with E-state index in [1.54, 1.807) is 6.07 Å². The minimum Gasteiger partial charge on any atom is -0.493 e. The van der Waals surface area contributed by atoms with E-state index >= 15 is 4.39 Å². The summed E-state index contributed by atoms with van der Waals surface area (Å²) < 4.78 is 99.3. The summed E-state index contributed by atoms with van der Waals surface area (Å²) >= 11 is 6.18. The molecule has 0 N–H and O–H groups in total. The summed E-state index contributed by atoms with van der Waals surface area (Å²) in [5, 5.41) is 0.326. The minimum absolute atomic E-state index is 0.0401. The lowest BCUT2D eigenvalue weighted by atomic mass is 9.98. The van der Waals surface area contributed by atoms with Gasteiger partial charge in [0.1, 0.15) is 17.4 Å². The number of piperidine rings is 1. The molecule has 44 heavy (non-hydrogen) atoms. The van der Waals surface area contributed by atoms with Crippen LogP contribution in [0.15, 0.2) is 30.3 Å². The number of alkyl halides is 3. The number of likely N-dealkylation sites (tertiary alicyclic amines) is 1. The van der Waals surface area contributed by atoms with Crippen molar-refractivity contribution in [3.05, 3.63) is 63.7 Å². The van der Waals surface area contributed by atoms with Crippen LogP contribution in [0.2, 0.25) is 5.02 Å². The van der Waals surface area contributed by atoms with Crippen molar-refractivity contribution in [3.63, 3.8) is 0 Å². The normalized spacial score (nSPS) is 19.7. The molecule has 1 atom stereocenters. The summed E-state index contributed by atoms with van der Waals surface area (Å²) in [5.41, 5.74) is 0.293. The second-order valence-electron chi connectivity index (χ2n) is 11.1. The molecule has 1 aliphatic carbocycles. The predicted octanol–water partition coefficient (Wildman–Crippen LogP) is 5.20. The molecule has 2 heterocycles. The van der Waals surface area contributed by atoms with E-state index in [2.05, 4.69) is 9.74 Å². The fourth-order valence-corrected chi connectivity index (χ4v) is 6.77. The van der Waals surface area contributed by atoms with Crippen LogP contribution >= 0.6 is 11.6 Å². The molecule has 16 heteroatoms. The van der Waals surface area contributed by atoms with Crippen molar-refractivity contribution in [2.24, 2.45) is 5.92 Å². The number of carbonyl (C=O) groups is 2. The van der Waals surface area contributed by atoms with Gasteiger partial charge in [-0.2, -0.15) is 25.9 Å². The Morgan fingerprint density at radius 1 is 1.02 bits per heavy atom. The molecule has 240 valence electrons. The van der Waals surface area contributed by atoms with Crippen molar-refractivity contribution >= 4 is 33.7 Å². The molecule has 9 nitrogen and oxygen atoms in total. The summed E-state index contributed by atoms with van der Waals surface area (Å²) in [5.74, 6) is -6.37. The highest BCUT2D eigenvalue weighted by atomic mass is 35.5. The number of nitrogens with zero attached hydrogens (tertiary/aromatic N) is 3. The molecule has 0 unspecified atom stereocenters. The molecule has 1 amide bonds. The van der Waals surface area contributed by atoms with Crippen molar-refractivity contribution in [3.8, 4) is 5.75 Å². The molecule has 5 rings (SSSR count). The number of halogens is 6. The van der Waals surface area contributed by atoms with Gasteiger partial charge in [-0.05, 0) is 78.4 Å². The van der Waals surface area contributed by atoms with E-state index in [9.17, 15) is 35.6 Å². The molecule has 1 saturated carbocycles. The van der Waals surface area contributed by atoms with Crippen LogP contribution in [0.25, 0.3) is 0 Å². The third-order valence-corrected chi connectivity index (χ3v) is 9.78. The highest BCUT2D eigenvalue weighted by Gasteiger charge is 2.48. The Morgan fingerprint density at radius 2 is 1.75 bits per heavy atom. The SMILES string of the molecule is O=C(c1cc(C2CC2)c(OC[C@H]2CCCN(Cc3ccc(F)cc3Cl)C2)cc1F)N(OC(=O)C(F)(F)F)S(=O)(=O)N1CCC1. The van der Waals surface area contributed by atoms with E-state index < -0.39 is 49.9 Å². The van der Waals surface area contributed by atoms with Gasteiger partial charge in [0, 0.05) is 43.2 Å². The Balaban J connectivity index is 1.32. The van der Waals surface area contributed by atoms with Gasteiger partial charge in [-0.3, -0.25) is 9.69 Å². The molecule has 2 aromatic carbocycles. The maximum absolute atomic E-state index is 15.4. The van der Waals surface area contributed by atoms with Gasteiger partial charge < -0.3 is 9.57 Å². The maximum Gasteiger partial charge on any atom is 0.493 e. The molecule has 3 aliphatic rings. The van der Waals surface area contributed by atoms with E-state index in [0.29, 0.717) is 47.2 Å². The third-order valence-electron chi connectivity index (χ3n) is 7.75. The van der Waals surface area contributed by atoms with Crippen molar-refractivity contribution in [2.45, 2.75) is 50.7 Å². The summed E-state index contributed by atoms with van der Waals surface area (Å²) in [6.07, 6.45) is -2.23. The standard InChI is InChI=1S/C28H29ClF5N3O6S/c29-23-11-20(30)7-6-19(23)15-35-8-1-3-17(14-35)16-42-25-13-24(31)22(12-21(25)18-4-5-18)26(38)37(43-27(39)28(32,33)34)44(40,41)36-9-2-10-36/h6-7,11-13,17-18H,1-5,8-10,14-16H2/t17-/m0/s1. The van der Waals surface area contributed by atoms with E-state index in [-0.39, 0.29) is 37.3 Å². The molecule has 0 bridgehead atoms. The zero-order valence-electron chi connectivity index (χ0n) is 23.3. The predicted molar refractivity (Wildman–Crippen MR) is 147 cm³/mol. The van der Waals surface area contributed by atoms with Gasteiger partial charge in [0.05, 0.1) is 12.2 Å². The first-order valence-electron chi connectivity index (χ1n) is 14.0. The molecule has 2 aromatic rings. The summed E-state index contributed by atoms with van der Waals surface area (Å²) in [6.45, 7) is 1.88. The first kappa shape index (κ1) is 32.4. The Bertz CT molecular complexity index is 1530. The van der Waals surface area contributed by atoms with Gasteiger partial charge >= 0.3 is 28.3 Å². The van der Waals surface area contributed by atoms with Crippen LogP contribution in [-0.4, -0.2) is 72.9 Å². The first-order valence-corrected chi connectivity index (χ1v) is 15.8. The number of amides is 1. The molecule has 0 radical (unpaired) electrons. The van der Waals surface area contributed by atoms with Crippen molar-refractivity contribution in [1.29, 1.82) is 0 Å². The molecule has 0 aromatic heterocycles. The average Bonchev–Trinajstić information content (AvgIpc) is 3.75. The Labute approximate surface area is 255 Å². The minimum atomic E-state index is -5.61. The smallest absolute Gasteiger partial charge is 0.493 e. The zero-order valence-corrected chi connectivity index (χ0v) is 24.9. The lowest BCUT2D eigenvalue weighted by Gasteiger charge is -2.33. The quantitative estimate of drug-likeness (QED) is 0.268. The lowest BCUT2D eigenvalue weighted by molar-refractivity contribution is -0.217. The van der Waals surface area contributed by atoms with Crippen LogP contribution in [-0.2, 0) is 26.4 Å². The second-order valence-corrected chi connectivity index (χ2v) is 13.3. The zero-order chi connectivity index (χ0) is 31.8. The Hall–Kier alpha value is -3.01. The van der Waals surface area contributed by atoms with Gasteiger partial charge in [0.15, 0.2) is 0 Å². The van der Waals surface area contributed by atoms with E-state index in [4.69, 9.17) is 16.3 Å². The fraction of sp³-hybridized carbons (Fsp3) is 0.500. The summed E-state index contributed by atoms with van der Waals surface area (Å²) in [7, 11) is -5.02. The fourth-order valence-electron chi connectivity index (χ4n) is 5.14. The van der Waals surface area contributed by atoms with Crippen molar-refractivity contribution < 1.29 is 49.5 Å². The number of hydrogen-bond donors (Lipinski definition) is 0. The monoisotopic (exact) mass is 665 g/mol. The van der Waals surface area contributed by atoms with E-state index in [1.165, 1.54) is 12.1 Å². The molecule has 0 spiro atoms. The van der Waals surface area contributed by atoms with Crippen LogP contribution in [0.5, 0.6) is 5.75 Å². The van der Waals surface area contributed by atoms with Crippen LogP contribution in [0.3, 0.4) is 0 Å². The highest BCUT2D eigenvalue weighted by Crippen LogP contribution is 2.45. The van der Waals surface area contributed by atoms with E-state index in [1.807, 2.05) is 0 Å². The summed E-state index contributed by atoms with van der Waals surface area (Å²) in [6, 6.07) is 6.18. The second kappa shape index (κ2) is 12.8. The third kappa shape index (κ3) is 7.27. The number of benzene rings is 2. The average molecular weight is 666 g/mol. The van der Waals surface area contributed by atoms with Crippen LogP contribution in [0.4, 0.5) is 22.0 Å². The van der Waals surface area contributed by atoms with Crippen molar-refractivity contribution in [2.75, 3.05) is 32.8 Å². The lowest BCUT2D eigenvalue weighted by Crippen LogP contribution is -2.53. The van der Waals surface area contributed by atoms with Gasteiger partial charge in [-0.25, -0.2) is 13.6 Å². The number of hydrogen-bond acceptors (Lipinski definition) is 7. The highest BCUT2D eigenvalue weighted by molar-refractivity contribution is 7.87. The number of carbonyl (C=O) groups excluding carboxylic acids is 2. The van der Waals surface area contributed by atoms with Gasteiger partial charge in [-0.1, -0.05) is 17.7 Å². The van der Waals surface area contributed by atoms with Gasteiger partial charge in [0.25, 0.3) is 0 Å². The van der Waals surface area contributed by atoms with Crippen LogP contribution < -0.4 is 4.74 Å². The van der Waals surface area contributed by atoms with E-state index in [0.717, 1.165) is 37.1 Å². The topological polar surface area (TPSA) is 96.5 Å². The number of rotatable bonds is 9. The van der Waals surface area contributed by atoms with Gasteiger partial charge in [-0.15, -0.1) is 0 Å². The Morgan fingerprint density at radius 3 is 2.36 bits per heavy atom. The number of ether oxygens (including phenoxy) is 1. The molecular formula is C28H29ClF5N3O6S. The van der Waals surface area contributed by atoms with Crippen LogP contribution in [0.1, 0.15) is 59.5 Å². The molecular weight excluding hydrogens is 637 g/mol. The Kier molecular flexibility index (Phi) is 9.40. The first-order chi connectivity index (χ1) is 20.7. The molecule has 2 saturated heterocycles. The maximum atomic E-state index is 15.4. The molecule has 3 fully saturated rings. The number of hydroxylamine groups is 1.